The van der Waals surface area contributed by atoms with Gasteiger partial charge in [0.2, 0.25) is 0 Å². The fourth-order valence-corrected chi connectivity index (χ4v) is 2.43. The molecule has 2 aromatic heterocycles. The maximum absolute atomic E-state index is 9.62. The minimum Gasteiger partial charge on any atom is -0.392 e. The van der Waals surface area contributed by atoms with Crippen molar-refractivity contribution in [2.45, 2.75) is 13.2 Å². The number of para-hydroxylation sites is 1. The lowest BCUT2D eigenvalue weighted by molar-refractivity contribution is 0.282. The lowest BCUT2D eigenvalue weighted by Crippen LogP contribution is -2.19. The molecule has 1 aromatic carbocycles. The number of anilines is 1. The molecule has 0 unspecified atom stereocenters. The predicted octanol–water partition coefficient (Wildman–Crippen LogP) is 2.76. The molecule has 0 radical (unpaired) electrons. The third-order valence-corrected chi connectivity index (χ3v) is 3.48. The number of aliphatic hydroxyl groups is 1. The number of fused-ring (bicyclic) bond motifs is 1. The van der Waals surface area contributed by atoms with E-state index in [9.17, 15) is 5.11 Å². The second-order valence-corrected chi connectivity index (χ2v) is 5.03. The van der Waals surface area contributed by atoms with Gasteiger partial charge in [-0.15, -0.1) is 0 Å². The number of aromatic nitrogens is 2. The van der Waals surface area contributed by atoms with Gasteiger partial charge < -0.3 is 10.0 Å². The first-order valence-corrected chi connectivity index (χ1v) is 6.87. The molecule has 1 N–H and O–H groups in total. The van der Waals surface area contributed by atoms with Crippen LogP contribution < -0.4 is 4.90 Å². The summed E-state index contributed by atoms with van der Waals surface area (Å²) in [5, 5.41) is 10.7. The summed E-state index contributed by atoms with van der Waals surface area (Å²) in [6.07, 6.45) is 3.56. The molecule has 0 saturated carbocycles. The van der Waals surface area contributed by atoms with E-state index in [4.69, 9.17) is 4.98 Å². The summed E-state index contributed by atoms with van der Waals surface area (Å²) < 4.78 is 0. The molecule has 3 aromatic rings. The molecule has 0 spiro atoms. The van der Waals surface area contributed by atoms with Crippen molar-refractivity contribution in [1.29, 1.82) is 0 Å². The van der Waals surface area contributed by atoms with E-state index in [1.807, 2.05) is 54.4 Å². The summed E-state index contributed by atoms with van der Waals surface area (Å²) in [4.78, 5) is 10.8. The van der Waals surface area contributed by atoms with E-state index in [1.54, 1.807) is 12.4 Å². The van der Waals surface area contributed by atoms with E-state index in [-0.39, 0.29) is 6.61 Å². The zero-order chi connectivity index (χ0) is 14.7. The number of aliphatic hydroxyl groups excluding tert-OH is 1. The van der Waals surface area contributed by atoms with Gasteiger partial charge in [0.25, 0.3) is 0 Å². The van der Waals surface area contributed by atoms with Gasteiger partial charge in [0.15, 0.2) is 0 Å². The van der Waals surface area contributed by atoms with Gasteiger partial charge in [0.1, 0.15) is 5.82 Å². The van der Waals surface area contributed by atoms with E-state index in [0.29, 0.717) is 0 Å². The Bertz CT molecular complexity index is 743. The summed E-state index contributed by atoms with van der Waals surface area (Å²) in [5.41, 5.74) is 2.93. The summed E-state index contributed by atoms with van der Waals surface area (Å²) in [5.74, 6) is 0.813. The molecule has 0 saturated heterocycles. The minimum absolute atomic E-state index is 0.0200. The van der Waals surface area contributed by atoms with Crippen molar-refractivity contribution in [3.8, 4) is 0 Å². The van der Waals surface area contributed by atoms with Gasteiger partial charge in [-0.3, -0.25) is 4.98 Å². The zero-order valence-electron chi connectivity index (χ0n) is 11.9. The van der Waals surface area contributed by atoms with Crippen LogP contribution in [0, 0.1) is 0 Å². The van der Waals surface area contributed by atoms with Crippen molar-refractivity contribution in [3.63, 3.8) is 0 Å². The van der Waals surface area contributed by atoms with Crippen LogP contribution in [0.3, 0.4) is 0 Å². The summed E-state index contributed by atoms with van der Waals surface area (Å²) in [6.45, 7) is 0.703. The Labute approximate surface area is 123 Å². The van der Waals surface area contributed by atoms with Gasteiger partial charge in [0.05, 0.1) is 12.1 Å². The molecule has 3 rings (SSSR count). The van der Waals surface area contributed by atoms with Crippen molar-refractivity contribution >= 4 is 16.7 Å². The highest BCUT2D eigenvalue weighted by Crippen LogP contribution is 2.24. The Morgan fingerprint density at radius 3 is 2.62 bits per heavy atom. The van der Waals surface area contributed by atoms with Crippen molar-refractivity contribution < 1.29 is 5.11 Å². The first-order valence-electron chi connectivity index (χ1n) is 6.87. The van der Waals surface area contributed by atoms with Gasteiger partial charge in [0, 0.05) is 36.9 Å². The summed E-state index contributed by atoms with van der Waals surface area (Å²) in [6, 6.07) is 13.9. The maximum Gasteiger partial charge on any atom is 0.134 e. The molecule has 0 aliphatic heterocycles. The Morgan fingerprint density at radius 2 is 1.86 bits per heavy atom. The largest absolute Gasteiger partial charge is 0.392 e. The van der Waals surface area contributed by atoms with Crippen LogP contribution in [0.5, 0.6) is 0 Å². The smallest absolute Gasteiger partial charge is 0.134 e. The average Bonchev–Trinajstić information content (AvgIpc) is 2.54. The first-order chi connectivity index (χ1) is 10.3. The van der Waals surface area contributed by atoms with Crippen LogP contribution in [-0.2, 0) is 13.2 Å². The van der Waals surface area contributed by atoms with E-state index < -0.39 is 0 Å². The monoisotopic (exact) mass is 279 g/mol. The van der Waals surface area contributed by atoms with Gasteiger partial charge in [-0.05, 0) is 29.8 Å². The predicted molar refractivity (Wildman–Crippen MR) is 84.0 cm³/mol. The third kappa shape index (κ3) is 2.85. The first kappa shape index (κ1) is 13.5. The Balaban J connectivity index is 1.98. The topological polar surface area (TPSA) is 49.2 Å². The fraction of sp³-hybridized carbons (Fsp3) is 0.176. The standard InChI is InChI=1S/C17H17N3O/c1-20(11-13-6-8-18-9-7-13)17-15(12-21)10-14-4-2-3-5-16(14)19-17/h2-10,21H,11-12H2,1H3. The molecular weight excluding hydrogens is 262 g/mol. The second kappa shape index (κ2) is 5.89. The number of hydrogen-bond acceptors (Lipinski definition) is 4. The fourth-order valence-electron chi connectivity index (χ4n) is 2.43. The highest BCUT2D eigenvalue weighted by molar-refractivity contribution is 5.81. The molecule has 21 heavy (non-hydrogen) atoms. The molecule has 4 heteroatoms. The van der Waals surface area contributed by atoms with Gasteiger partial charge >= 0.3 is 0 Å². The molecule has 2 heterocycles. The molecule has 0 aliphatic carbocycles. The quantitative estimate of drug-likeness (QED) is 0.798. The van der Waals surface area contributed by atoms with Crippen LogP contribution in [-0.4, -0.2) is 22.1 Å². The zero-order valence-corrected chi connectivity index (χ0v) is 11.9. The molecule has 106 valence electrons. The van der Waals surface area contributed by atoms with Crippen LogP contribution >= 0.6 is 0 Å². The second-order valence-electron chi connectivity index (χ2n) is 5.03. The minimum atomic E-state index is -0.0200. The van der Waals surface area contributed by atoms with E-state index in [2.05, 4.69) is 4.98 Å². The normalized spacial score (nSPS) is 10.8. The van der Waals surface area contributed by atoms with E-state index in [0.717, 1.165) is 34.4 Å². The highest BCUT2D eigenvalue weighted by Gasteiger charge is 2.11. The summed E-state index contributed by atoms with van der Waals surface area (Å²) >= 11 is 0. The SMILES string of the molecule is CN(Cc1ccncc1)c1nc2ccccc2cc1CO. The molecule has 0 amide bonds. The number of benzene rings is 1. The van der Waals surface area contributed by atoms with Crippen LogP contribution in [0.4, 0.5) is 5.82 Å². The van der Waals surface area contributed by atoms with Crippen molar-refractivity contribution in [2.24, 2.45) is 0 Å². The van der Waals surface area contributed by atoms with Crippen LogP contribution in [0.2, 0.25) is 0 Å². The Kier molecular flexibility index (Phi) is 3.79. The molecule has 4 nitrogen and oxygen atoms in total. The van der Waals surface area contributed by atoms with Crippen molar-refractivity contribution in [1.82, 2.24) is 9.97 Å². The van der Waals surface area contributed by atoms with Crippen molar-refractivity contribution in [2.75, 3.05) is 11.9 Å². The Morgan fingerprint density at radius 1 is 1.10 bits per heavy atom. The van der Waals surface area contributed by atoms with Crippen LogP contribution in [0.15, 0.2) is 54.9 Å². The van der Waals surface area contributed by atoms with Crippen LogP contribution in [0.25, 0.3) is 10.9 Å². The number of pyridine rings is 2. The van der Waals surface area contributed by atoms with Gasteiger partial charge in [-0.1, -0.05) is 18.2 Å². The van der Waals surface area contributed by atoms with Gasteiger partial charge in [-0.2, -0.15) is 0 Å². The lowest BCUT2D eigenvalue weighted by Gasteiger charge is -2.21. The maximum atomic E-state index is 9.62. The van der Waals surface area contributed by atoms with Crippen LogP contribution in [0.1, 0.15) is 11.1 Å². The van der Waals surface area contributed by atoms with Crippen molar-refractivity contribution in [3.05, 3.63) is 66.0 Å². The molecular formula is C17H17N3O. The van der Waals surface area contributed by atoms with E-state index >= 15 is 0 Å². The molecule has 0 fully saturated rings. The molecule has 0 bridgehead atoms. The van der Waals surface area contributed by atoms with E-state index in [1.165, 1.54) is 0 Å². The molecule has 0 atom stereocenters. The number of nitrogens with zero attached hydrogens (tertiary/aromatic N) is 3. The van der Waals surface area contributed by atoms with Gasteiger partial charge in [-0.25, -0.2) is 4.98 Å². The third-order valence-electron chi connectivity index (χ3n) is 3.48. The average molecular weight is 279 g/mol. The molecule has 0 aliphatic rings. The number of rotatable bonds is 4. The lowest BCUT2D eigenvalue weighted by atomic mass is 10.1. The Hall–Kier alpha value is -2.46. The number of hydrogen-bond donors (Lipinski definition) is 1. The summed E-state index contributed by atoms with van der Waals surface area (Å²) in [7, 11) is 1.98. The highest BCUT2D eigenvalue weighted by atomic mass is 16.3.